The number of fused-ring (bicyclic) bond motifs is 1. The van der Waals surface area contributed by atoms with E-state index in [-0.39, 0.29) is 12.0 Å². The molecular weight excluding hydrogens is 230 g/mol. The Balaban J connectivity index is 1.98. The van der Waals surface area contributed by atoms with Crippen LogP contribution in [-0.4, -0.2) is 17.6 Å². The number of furan rings is 1. The van der Waals surface area contributed by atoms with Gasteiger partial charge in [0.1, 0.15) is 5.58 Å². The van der Waals surface area contributed by atoms with Gasteiger partial charge in [0.25, 0.3) is 0 Å². The van der Waals surface area contributed by atoms with Gasteiger partial charge in [0.2, 0.25) is 0 Å². The summed E-state index contributed by atoms with van der Waals surface area (Å²) in [6, 6.07) is 6.10. The van der Waals surface area contributed by atoms with Crippen LogP contribution >= 0.6 is 0 Å². The molecule has 1 aromatic carbocycles. The van der Waals surface area contributed by atoms with Gasteiger partial charge >= 0.3 is 5.97 Å². The van der Waals surface area contributed by atoms with Crippen LogP contribution < -0.4 is 5.32 Å². The van der Waals surface area contributed by atoms with Crippen molar-refractivity contribution in [3.8, 4) is 0 Å². The predicted molar refractivity (Wildman–Crippen MR) is 67.4 cm³/mol. The highest BCUT2D eigenvalue weighted by atomic mass is 16.4. The average Bonchev–Trinajstić information content (AvgIpc) is 2.97. The number of para-hydroxylation sites is 1. The number of aryl methyl sites for hydroxylation is 1. The molecule has 4 heteroatoms. The van der Waals surface area contributed by atoms with Crippen LogP contribution in [0.4, 0.5) is 0 Å². The standard InChI is InChI=1S/C14H15NO3/c1-8-7-18-13-10(8)3-2-4-11(13)12-5-9(6-15-12)14(16)17/h2-4,7,9,12,15H,5-6H2,1H3,(H,16,17). The van der Waals surface area contributed by atoms with Crippen LogP contribution in [0.2, 0.25) is 0 Å². The van der Waals surface area contributed by atoms with E-state index in [4.69, 9.17) is 9.52 Å². The molecule has 2 heterocycles. The number of rotatable bonds is 2. The molecule has 3 rings (SSSR count). The molecular formula is C14H15NO3. The van der Waals surface area contributed by atoms with E-state index in [9.17, 15) is 4.79 Å². The molecule has 2 aromatic rings. The van der Waals surface area contributed by atoms with E-state index in [2.05, 4.69) is 5.32 Å². The summed E-state index contributed by atoms with van der Waals surface area (Å²) < 4.78 is 5.60. The topological polar surface area (TPSA) is 62.5 Å². The summed E-state index contributed by atoms with van der Waals surface area (Å²) in [6.45, 7) is 2.54. The zero-order valence-electron chi connectivity index (χ0n) is 10.1. The molecule has 94 valence electrons. The Bertz CT molecular complexity index is 602. The van der Waals surface area contributed by atoms with E-state index < -0.39 is 5.97 Å². The van der Waals surface area contributed by atoms with Gasteiger partial charge in [-0.15, -0.1) is 0 Å². The van der Waals surface area contributed by atoms with Crippen LogP contribution in [0, 0.1) is 12.8 Å². The monoisotopic (exact) mass is 245 g/mol. The first-order valence-electron chi connectivity index (χ1n) is 6.09. The van der Waals surface area contributed by atoms with Gasteiger partial charge in [-0.1, -0.05) is 18.2 Å². The molecule has 2 N–H and O–H groups in total. The van der Waals surface area contributed by atoms with E-state index in [1.54, 1.807) is 6.26 Å². The largest absolute Gasteiger partial charge is 0.481 e. The maximum Gasteiger partial charge on any atom is 0.307 e. The van der Waals surface area contributed by atoms with Crippen LogP contribution in [0.1, 0.15) is 23.6 Å². The Morgan fingerprint density at radius 1 is 1.50 bits per heavy atom. The SMILES string of the molecule is Cc1coc2c(C3CC(C(=O)O)CN3)cccc12. The summed E-state index contributed by atoms with van der Waals surface area (Å²) >= 11 is 0. The Morgan fingerprint density at radius 3 is 3.06 bits per heavy atom. The maximum absolute atomic E-state index is 11.0. The summed E-state index contributed by atoms with van der Waals surface area (Å²) in [4.78, 5) is 11.0. The highest BCUT2D eigenvalue weighted by Gasteiger charge is 2.31. The highest BCUT2D eigenvalue weighted by molar-refractivity contribution is 5.84. The van der Waals surface area contributed by atoms with Gasteiger partial charge in [-0.3, -0.25) is 4.79 Å². The maximum atomic E-state index is 11.0. The molecule has 0 spiro atoms. The van der Waals surface area contributed by atoms with E-state index in [0.717, 1.165) is 22.1 Å². The van der Waals surface area contributed by atoms with Crippen molar-refractivity contribution < 1.29 is 14.3 Å². The Hall–Kier alpha value is -1.81. The second kappa shape index (κ2) is 4.14. The van der Waals surface area contributed by atoms with E-state index in [1.807, 2.05) is 25.1 Å². The molecule has 0 saturated carbocycles. The summed E-state index contributed by atoms with van der Waals surface area (Å²) in [6.07, 6.45) is 2.37. The first-order chi connectivity index (χ1) is 8.66. The Kier molecular flexibility index (Phi) is 2.59. The minimum Gasteiger partial charge on any atom is -0.481 e. The summed E-state index contributed by atoms with van der Waals surface area (Å²) in [7, 11) is 0. The van der Waals surface area contributed by atoms with E-state index in [1.165, 1.54) is 0 Å². The van der Waals surface area contributed by atoms with Crippen LogP contribution in [0.5, 0.6) is 0 Å². The lowest BCUT2D eigenvalue weighted by Crippen LogP contribution is -2.17. The number of benzene rings is 1. The second-order valence-electron chi connectivity index (χ2n) is 4.87. The first kappa shape index (κ1) is 11.3. The van der Waals surface area contributed by atoms with E-state index in [0.29, 0.717) is 13.0 Å². The van der Waals surface area contributed by atoms with Crippen LogP contribution in [0.3, 0.4) is 0 Å². The zero-order valence-corrected chi connectivity index (χ0v) is 10.1. The lowest BCUT2D eigenvalue weighted by Gasteiger charge is -2.10. The van der Waals surface area contributed by atoms with Crippen molar-refractivity contribution in [2.45, 2.75) is 19.4 Å². The van der Waals surface area contributed by atoms with Crippen molar-refractivity contribution in [1.29, 1.82) is 0 Å². The quantitative estimate of drug-likeness (QED) is 0.853. The molecule has 0 bridgehead atoms. The molecule has 1 saturated heterocycles. The minimum absolute atomic E-state index is 0.0698. The molecule has 2 atom stereocenters. The minimum atomic E-state index is -0.729. The van der Waals surface area contributed by atoms with Crippen LogP contribution in [0.15, 0.2) is 28.9 Å². The van der Waals surface area contributed by atoms with Crippen molar-refractivity contribution in [3.63, 3.8) is 0 Å². The zero-order chi connectivity index (χ0) is 12.7. The number of aliphatic carboxylic acids is 1. The molecule has 4 nitrogen and oxygen atoms in total. The number of nitrogens with one attached hydrogen (secondary N) is 1. The van der Waals surface area contributed by atoms with Gasteiger partial charge in [0.05, 0.1) is 12.2 Å². The average molecular weight is 245 g/mol. The Morgan fingerprint density at radius 2 is 2.33 bits per heavy atom. The summed E-state index contributed by atoms with van der Waals surface area (Å²) in [5.41, 5.74) is 3.04. The molecule has 0 radical (unpaired) electrons. The van der Waals surface area contributed by atoms with Crippen LogP contribution in [-0.2, 0) is 4.79 Å². The van der Waals surface area contributed by atoms with Gasteiger partial charge in [0, 0.05) is 23.5 Å². The van der Waals surface area contributed by atoms with Crippen molar-refractivity contribution in [2.24, 2.45) is 5.92 Å². The summed E-state index contributed by atoms with van der Waals surface area (Å²) in [5, 5.41) is 13.4. The lowest BCUT2D eigenvalue weighted by atomic mass is 9.98. The summed E-state index contributed by atoms with van der Waals surface area (Å²) in [5.74, 6) is -1.03. The van der Waals surface area contributed by atoms with Crippen LogP contribution in [0.25, 0.3) is 11.0 Å². The normalized spacial score (nSPS) is 23.6. The number of carboxylic acid groups (broad SMARTS) is 1. The third-order valence-corrected chi connectivity index (χ3v) is 3.68. The molecule has 0 amide bonds. The van der Waals surface area contributed by atoms with Crippen molar-refractivity contribution in [3.05, 3.63) is 35.6 Å². The molecule has 18 heavy (non-hydrogen) atoms. The van der Waals surface area contributed by atoms with Crippen molar-refractivity contribution in [2.75, 3.05) is 6.54 Å². The van der Waals surface area contributed by atoms with Gasteiger partial charge in [0.15, 0.2) is 0 Å². The van der Waals surface area contributed by atoms with Crippen molar-refractivity contribution in [1.82, 2.24) is 5.32 Å². The second-order valence-corrected chi connectivity index (χ2v) is 4.87. The predicted octanol–water partition coefficient (Wildman–Crippen LogP) is 2.48. The number of hydrogen-bond donors (Lipinski definition) is 2. The highest BCUT2D eigenvalue weighted by Crippen LogP contribution is 2.33. The molecule has 2 unspecified atom stereocenters. The first-order valence-corrected chi connectivity index (χ1v) is 6.09. The Labute approximate surface area is 105 Å². The van der Waals surface area contributed by atoms with Gasteiger partial charge in [-0.2, -0.15) is 0 Å². The van der Waals surface area contributed by atoms with Gasteiger partial charge in [-0.05, 0) is 18.9 Å². The van der Waals surface area contributed by atoms with Gasteiger partial charge < -0.3 is 14.8 Å². The molecule has 1 aromatic heterocycles. The van der Waals surface area contributed by atoms with Gasteiger partial charge in [-0.25, -0.2) is 0 Å². The fraction of sp³-hybridized carbons (Fsp3) is 0.357. The third-order valence-electron chi connectivity index (χ3n) is 3.68. The molecule has 0 aliphatic carbocycles. The smallest absolute Gasteiger partial charge is 0.307 e. The fourth-order valence-corrected chi connectivity index (χ4v) is 2.64. The molecule has 1 fully saturated rings. The third kappa shape index (κ3) is 1.69. The number of carboxylic acids is 1. The van der Waals surface area contributed by atoms with E-state index >= 15 is 0 Å². The van der Waals surface area contributed by atoms with Crippen molar-refractivity contribution >= 4 is 16.9 Å². The fourth-order valence-electron chi connectivity index (χ4n) is 2.64. The number of carbonyl (C=O) groups is 1. The number of hydrogen-bond acceptors (Lipinski definition) is 3. The molecule has 1 aliphatic rings. The molecule has 1 aliphatic heterocycles. The lowest BCUT2D eigenvalue weighted by molar-refractivity contribution is -0.141.